The van der Waals surface area contributed by atoms with Gasteiger partial charge in [-0.25, -0.2) is 10.8 Å². The van der Waals surface area contributed by atoms with E-state index in [0.29, 0.717) is 10.3 Å². The SMILES string of the molecule is CCCc1cc(=O)[nH]c(Sc2nc(NN)nc(OC)n2)n1. The Labute approximate surface area is 124 Å². The second-order valence-corrected chi connectivity index (χ2v) is 4.92. The average molecular weight is 309 g/mol. The van der Waals surface area contributed by atoms with E-state index >= 15 is 0 Å². The molecule has 2 heterocycles. The van der Waals surface area contributed by atoms with Gasteiger partial charge in [0.05, 0.1) is 7.11 Å². The van der Waals surface area contributed by atoms with Gasteiger partial charge in [0.15, 0.2) is 5.16 Å². The molecule has 2 rings (SSSR count). The molecule has 0 spiro atoms. The maximum atomic E-state index is 11.6. The molecular weight excluding hydrogens is 294 g/mol. The molecule has 0 unspecified atom stereocenters. The van der Waals surface area contributed by atoms with E-state index in [9.17, 15) is 4.79 Å². The van der Waals surface area contributed by atoms with Crippen LogP contribution in [0, 0.1) is 0 Å². The Morgan fingerprint density at radius 1 is 1.38 bits per heavy atom. The van der Waals surface area contributed by atoms with Crippen LogP contribution >= 0.6 is 11.8 Å². The van der Waals surface area contributed by atoms with Gasteiger partial charge in [0.25, 0.3) is 5.56 Å². The molecule has 0 saturated carbocycles. The van der Waals surface area contributed by atoms with Crippen molar-refractivity contribution in [2.45, 2.75) is 30.1 Å². The zero-order valence-electron chi connectivity index (χ0n) is 11.6. The van der Waals surface area contributed by atoms with E-state index in [1.165, 1.54) is 13.2 Å². The van der Waals surface area contributed by atoms with Gasteiger partial charge in [-0.05, 0) is 18.2 Å². The van der Waals surface area contributed by atoms with Crippen LogP contribution in [0.3, 0.4) is 0 Å². The predicted molar refractivity (Wildman–Crippen MR) is 77.2 cm³/mol. The smallest absolute Gasteiger partial charge is 0.322 e. The fourth-order valence-corrected chi connectivity index (χ4v) is 2.29. The second-order valence-electron chi connectivity index (χ2n) is 3.97. The monoisotopic (exact) mass is 309 g/mol. The quantitative estimate of drug-likeness (QED) is 0.393. The molecule has 0 radical (unpaired) electrons. The topological polar surface area (TPSA) is 132 Å². The van der Waals surface area contributed by atoms with Crippen molar-refractivity contribution in [3.63, 3.8) is 0 Å². The molecule has 10 heteroatoms. The fourth-order valence-electron chi connectivity index (χ4n) is 1.54. The lowest BCUT2D eigenvalue weighted by Crippen LogP contribution is -2.13. The van der Waals surface area contributed by atoms with Gasteiger partial charge in [0.1, 0.15) is 0 Å². The van der Waals surface area contributed by atoms with Gasteiger partial charge < -0.3 is 9.72 Å². The van der Waals surface area contributed by atoms with Gasteiger partial charge in [0.2, 0.25) is 11.1 Å². The molecule has 0 aliphatic heterocycles. The summed E-state index contributed by atoms with van der Waals surface area (Å²) in [6, 6.07) is 1.60. The Hall–Kier alpha value is -2.20. The van der Waals surface area contributed by atoms with Crippen molar-refractivity contribution >= 4 is 17.7 Å². The summed E-state index contributed by atoms with van der Waals surface area (Å²) in [5.41, 5.74) is 2.83. The van der Waals surface area contributed by atoms with Crippen LogP contribution in [0.4, 0.5) is 5.95 Å². The zero-order valence-corrected chi connectivity index (χ0v) is 12.4. The highest BCUT2D eigenvalue weighted by atomic mass is 32.2. The van der Waals surface area contributed by atoms with Crippen LogP contribution in [0.15, 0.2) is 21.2 Å². The van der Waals surface area contributed by atoms with Gasteiger partial charge in [-0.2, -0.15) is 15.0 Å². The molecule has 0 aliphatic carbocycles. The maximum absolute atomic E-state index is 11.6. The van der Waals surface area contributed by atoms with Gasteiger partial charge in [-0.15, -0.1) is 0 Å². The Kier molecular flexibility index (Phi) is 5.06. The van der Waals surface area contributed by atoms with E-state index < -0.39 is 0 Å². The van der Waals surface area contributed by atoms with Crippen LogP contribution in [0.1, 0.15) is 19.0 Å². The third-order valence-electron chi connectivity index (χ3n) is 2.37. The summed E-state index contributed by atoms with van der Waals surface area (Å²) in [5.74, 6) is 5.45. The number of nitrogens with one attached hydrogen (secondary N) is 2. The van der Waals surface area contributed by atoms with Crippen molar-refractivity contribution < 1.29 is 4.74 Å². The molecule has 0 aromatic carbocycles. The van der Waals surface area contributed by atoms with E-state index in [4.69, 9.17) is 10.6 Å². The Morgan fingerprint density at radius 2 is 2.19 bits per heavy atom. The molecule has 21 heavy (non-hydrogen) atoms. The third kappa shape index (κ3) is 4.13. The maximum Gasteiger partial charge on any atom is 0.322 e. The van der Waals surface area contributed by atoms with Crippen LogP contribution in [0.5, 0.6) is 6.01 Å². The molecule has 0 amide bonds. The summed E-state index contributed by atoms with van der Waals surface area (Å²) < 4.78 is 4.96. The molecule has 0 fully saturated rings. The Balaban J connectivity index is 2.31. The first-order valence-corrected chi connectivity index (χ1v) is 7.01. The van der Waals surface area contributed by atoms with E-state index in [2.05, 4.69) is 30.3 Å². The molecule has 9 nitrogen and oxygen atoms in total. The van der Waals surface area contributed by atoms with Crippen LogP contribution in [0.25, 0.3) is 0 Å². The lowest BCUT2D eigenvalue weighted by Gasteiger charge is -2.05. The van der Waals surface area contributed by atoms with E-state index in [1.54, 1.807) is 0 Å². The number of ether oxygens (including phenoxy) is 1. The number of nitrogens with zero attached hydrogens (tertiary/aromatic N) is 4. The summed E-state index contributed by atoms with van der Waals surface area (Å²) in [6.45, 7) is 2.02. The molecule has 0 bridgehead atoms. The third-order valence-corrected chi connectivity index (χ3v) is 3.12. The number of aryl methyl sites for hydroxylation is 1. The van der Waals surface area contributed by atoms with Crippen molar-refractivity contribution in [3.05, 3.63) is 22.1 Å². The summed E-state index contributed by atoms with van der Waals surface area (Å²) >= 11 is 1.10. The number of hydrazine groups is 1. The number of methoxy groups -OCH3 is 1. The number of nitrogen functional groups attached to an aromatic ring is 1. The lowest BCUT2D eigenvalue weighted by atomic mass is 10.2. The van der Waals surface area contributed by atoms with E-state index in [0.717, 1.165) is 30.3 Å². The highest BCUT2D eigenvalue weighted by Gasteiger charge is 2.10. The van der Waals surface area contributed by atoms with Crippen LogP contribution in [-0.4, -0.2) is 32.0 Å². The molecule has 0 saturated heterocycles. The molecule has 0 aliphatic rings. The number of nitrogens with two attached hydrogens (primary N) is 1. The van der Waals surface area contributed by atoms with E-state index in [1.807, 2.05) is 6.92 Å². The number of hydrogen-bond acceptors (Lipinski definition) is 9. The zero-order chi connectivity index (χ0) is 15.2. The number of rotatable bonds is 6. The van der Waals surface area contributed by atoms with Crippen molar-refractivity contribution in [1.29, 1.82) is 0 Å². The summed E-state index contributed by atoms with van der Waals surface area (Å²) in [6.07, 6.45) is 1.63. The normalized spacial score (nSPS) is 10.4. The minimum Gasteiger partial charge on any atom is -0.467 e. The fraction of sp³-hybridized carbons (Fsp3) is 0.364. The summed E-state index contributed by atoms with van der Waals surface area (Å²) in [5, 5.41) is 0.716. The van der Waals surface area contributed by atoms with Crippen molar-refractivity contribution in [2.75, 3.05) is 12.5 Å². The Morgan fingerprint density at radius 3 is 2.86 bits per heavy atom. The van der Waals surface area contributed by atoms with Crippen molar-refractivity contribution in [1.82, 2.24) is 24.9 Å². The first kappa shape index (κ1) is 15.2. The highest BCUT2D eigenvalue weighted by Crippen LogP contribution is 2.22. The van der Waals surface area contributed by atoms with Crippen LogP contribution in [0.2, 0.25) is 0 Å². The molecule has 2 aromatic rings. The highest BCUT2D eigenvalue weighted by molar-refractivity contribution is 7.99. The van der Waals surface area contributed by atoms with E-state index in [-0.39, 0.29) is 17.5 Å². The first-order valence-electron chi connectivity index (χ1n) is 6.19. The van der Waals surface area contributed by atoms with Gasteiger partial charge in [-0.1, -0.05) is 13.3 Å². The van der Waals surface area contributed by atoms with Crippen molar-refractivity contribution in [3.8, 4) is 6.01 Å². The molecule has 0 atom stereocenters. The standard InChI is InChI=1S/C11H15N7O2S/c1-3-4-6-5-7(19)14-10(13-6)21-11-16-8(18-12)15-9(17-11)20-2/h5H,3-4,12H2,1-2H3,(H,13,14,19)(H,15,16,17,18). The number of H-pyrrole nitrogens is 1. The summed E-state index contributed by atoms with van der Waals surface area (Å²) in [7, 11) is 1.44. The molecule has 112 valence electrons. The van der Waals surface area contributed by atoms with Crippen molar-refractivity contribution in [2.24, 2.45) is 5.84 Å². The number of aromatic nitrogens is 5. The molecular formula is C11H15N7O2S. The summed E-state index contributed by atoms with van der Waals surface area (Å²) in [4.78, 5) is 30.6. The Bertz CT molecular complexity index is 654. The average Bonchev–Trinajstić information content (AvgIpc) is 2.46. The largest absolute Gasteiger partial charge is 0.467 e. The molecule has 2 aromatic heterocycles. The predicted octanol–water partition coefficient (Wildman–Crippen LogP) is 0.353. The number of hydrogen-bond donors (Lipinski definition) is 3. The van der Waals surface area contributed by atoms with Gasteiger partial charge >= 0.3 is 6.01 Å². The van der Waals surface area contributed by atoms with Gasteiger partial charge in [-0.3, -0.25) is 10.2 Å². The first-order chi connectivity index (χ1) is 10.1. The minimum atomic E-state index is -0.214. The number of anilines is 1. The number of aromatic amines is 1. The second kappa shape index (κ2) is 6.99. The lowest BCUT2D eigenvalue weighted by molar-refractivity contribution is 0.373. The molecule has 4 N–H and O–H groups in total. The van der Waals surface area contributed by atoms with Crippen LogP contribution < -0.4 is 21.6 Å². The van der Waals surface area contributed by atoms with Crippen LogP contribution in [-0.2, 0) is 6.42 Å². The van der Waals surface area contributed by atoms with Gasteiger partial charge in [0, 0.05) is 11.8 Å². The minimum absolute atomic E-state index is 0.118.